The van der Waals surface area contributed by atoms with Crippen LogP contribution >= 0.6 is 11.6 Å². The number of carbonyl (C=O) groups is 2. The minimum absolute atomic E-state index is 0.0914. The highest BCUT2D eigenvalue weighted by atomic mass is 35.5. The number of sulfonamides is 1. The third-order valence-corrected chi connectivity index (χ3v) is 9.14. The molecule has 9 nitrogen and oxygen atoms in total. The van der Waals surface area contributed by atoms with Crippen LogP contribution in [-0.2, 0) is 26.2 Å². The summed E-state index contributed by atoms with van der Waals surface area (Å²) in [7, 11) is -3.85. The van der Waals surface area contributed by atoms with Gasteiger partial charge in [0.25, 0.3) is 0 Å². The van der Waals surface area contributed by atoms with Gasteiger partial charge >= 0.3 is 0 Å². The molecule has 2 aromatic carbocycles. The van der Waals surface area contributed by atoms with E-state index in [2.05, 4.69) is 5.32 Å². The van der Waals surface area contributed by atoms with Gasteiger partial charge in [0.1, 0.15) is 25.8 Å². The molecule has 11 heteroatoms. The van der Waals surface area contributed by atoms with Gasteiger partial charge in [0.2, 0.25) is 21.8 Å². The third-order valence-electron chi connectivity index (χ3n) is 7.15. The lowest BCUT2D eigenvalue weighted by Gasteiger charge is -2.34. The van der Waals surface area contributed by atoms with Crippen LogP contribution in [0, 0.1) is 0 Å². The van der Waals surface area contributed by atoms with Gasteiger partial charge in [0.15, 0.2) is 11.5 Å². The Morgan fingerprint density at radius 3 is 2.33 bits per heavy atom. The predicted molar refractivity (Wildman–Crippen MR) is 151 cm³/mol. The van der Waals surface area contributed by atoms with Crippen molar-refractivity contribution in [3.63, 3.8) is 0 Å². The number of hydrogen-bond acceptors (Lipinski definition) is 6. The summed E-state index contributed by atoms with van der Waals surface area (Å²) in [4.78, 5) is 28.8. The maximum atomic E-state index is 13.9. The SMILES string of the molecule is CC[C@@H](C(=O)NC1CCCC1)N(Cc1ccc(Cl)cc1)C(=O)CN(c1ccc2c(c1)OCCO2)S(=O)(=O)CC. The second-order valence-electron chi connectivity index (χ2n) is 9.80. The van der Waals surface area contributed by atoms with Crippen LogP contribution in [0.25, 0.3) is 0 Å². The normalized spacial score (nSPS) is 16.0. The summed E-state index contributed by atoms with van der Waals surface area (Å²) in [5, 5.41) is 3.66. The second kappa shape index (κ2) is 12.9. The molecule has 1 aliphatic carbocycles. The first kappa shape index (κ1) is 29.0. The Morgan fingerprint density at radius 1 is 1.03 bits per heavy atom. The number of benzene rings is 2. The minimum atomic E-state index is -3.85. The number of nitrogens with zero attached hydrogens (tertiary/aromatic N) is 2. The molecule has 0 saturated heterocycles. The summed E-state index contributed by atoms with van der Waals surface area (Å²) >= 11 is 6.06. The Labute approximate surface area is 235 Å². The van der Waals surface area contributed by atoms with Crippen LogP contribution < -0.4 is 19.1 Å². The Bertz CT molecular complexity index is 1260. The lowest BCUT2D eigenvalue weighted by molar-refractivity contribution is -0.140. The number of hydrogen-bond donors (Lipinski definition) is 1. The van der Waals surface area contributed by atoms with Gasteiger partial charge in [-0.05, 0) is 56.0 Å². The van der Waals surface area contributed by atoms with Gasteiger partial charge < -0.3 is 19.7 Å². The van der Waals surface area contributed by atoms with Crippen molar-refractivity contribution in [3.8, 4) is 11.5 Å². The molecule has 212 valence electrons. The molecule has 0 bridgehead atoms. The van der Waals surface area contributed by atoms with E-state index in [1.165, 1.54) is 11.8 Å². The highest BCUT2D eigenvalue weighted by Gasteiger charge is 2.34. The van der Waals surface area contributed by atoms with Crippen molar-refractivity contribution < 1.29 is 27.5 Å². The van der Waals surface area contributed by atoms with E-state index < -0.39 is 28.5 Å². The molecule has 2 aromatic rings. The average Bonchev–Trinajstić information content (AvgIpc) is 3.45. The number of halogens is 1. The number of fused-ring (bicyclic) bond motifs is 1. The van der Waals surface area contributed by atoms with Crippen LogP contribution in [0.5, 0.6) is 11.5 Å². The molecule has 1 fully saturated rings. The molecule has 2 aliphatic rings. The molecule has 1 saturated carbocycles. The average molecular weight is 578 g/mol. The molecule has 0 radical (unpaired) electrons. The molecule has 1 N–H and O–H groups in total. The van der Waals surface area contributed by atoms with Crippen LogP contribution in [0.15, 0.2) is 42.5 Å². The first-order valence-corrected chi connectivity index (χ1v) is 15.4. The number of nitrogens with one attached hydrogen (secondary N) is 1. The Balaban J connectivity index is 1.64. The zero-order chi connectivity index (χ0) is 28.0. The molecule has 1 heterocycles. The molecule has 39 heavy (non-hydrogen) atoms. The largest absolute Gasteiger partial charge is 0.486 e. The van der Waals surface area contributed by atoms with Crippen molar-refractivity contribution in [2.75, 3.05) is 29.8 Å². The topological polar surface area (TPSA) is 105 Å². The first-order valence-electron chi connectivity index (χ1n) is 13.5. The number of amides is 2. The molecule has 1 aliphatic heterocycles. The van der Waals surface area contributed by atoms with Gasteiger partial charge in [-0.3, -0.25) is 13.9 Å². The summed E-state index contributed by atoms with van der Waals surface area (Å²) in [6.45, 7) is 3.80. The van der Waals surface area contributed by atoms with Gasteiger partial charge in [-0.25, -0.2) is 8.42 Å². The summed E-state index contributed by atoms with van der Waals surface area (Å²) in [6.07, 6.45) is 4.34. The fourth-order valence-corrected chi connectivity index (χ4v) is 6.16. The minimum Gasteiger partial charge on any atom is -0.486 e. The van der Waals surface area contributed by atoms with E-state index in [0.29, 0.717) is 41.8 Å². The van der Waals surface area contributed by atoms with Crippen molar-refractivity contribution in [2.24, 2.45) is 0 Å². The van der Waals surface area contributed by atoms with Crippen LogP contribution in [0.1, 0.15) is 51.5 Å². The zero-order valence-corrected chi connectivity index (χ0v) is 24.0. The van der Waals surface area contributed by atoms with E-state index in [0.717, 1.165) is 35.6 Å². The highest BCUT2D eigenvalue weighted by molar-refractivity contribution is 7.92. The highest BCUT2D eigenvalue weighted by Crippen LogP contribution is 2.35. The van der Waals surface area contributed by atoms with Crippen molar-refractivity contribution >= 4 is 39.1 Å². The predicted octanol–water partition coefficient (Wildman–Crippen LogP) is 4.13. The van der Waals surface area contributed by atoms with Crippen molar-refractivity contribution in [3.05, 3.63) is 53.1 Å². The maximum Gasteiger partial charge on any atom is 0.244 e. The van der Waals surface area contributed by atoms with E-state index in [9.17, 15) is 18.0 Å². The zero-order valence-electron chi connectivity index (χ0n) is 22.4. The molecule has 0 aromatic heterocycles. The Morgan fingerprint density at radius 2 is 1.69 bits per heavy atom. The van der Waals surface area contributed by atoms with Gasteiger partial charge in [-0.1, -0.05) is 43.5 Å². The van der Waals surface area contributed by atoms with E-state index in [1.807, 2.05) is 6.92 Å². The third kappa shape index (κ3) is 7.16. The Hall–Kier alpha value is -2.98. The summed E-state index contributed by atoms with van der Waals surface area (Å²) in [5.74, 6) is 0.0268. The lowest BCUT2D eigenvalue weighted by atomic mass is 10.1. The van der Waals surface area contributed by atoms with Gasteiger partial charge in [0, 0.05) is 23.7 Å². The fourth-order valence-electron chi connectivity index (χ4n) is 4.98. The van der Waals surface area contributed by atoms with E-state index in [-0.39, 0.29) is 24.2 Å². The van der Waals surface area contributed by atoms with Crippen molar-refractivity contribution in [2.45, 2.75) is 64.6 Å². The molecule has 0 spiro atoms. The smallest absolute Gasteiger partial charge is 0.244 e. The summed E-state index contributed by atoms with van der Waals surface area (Å²) in [5.41, 5.74) is 1.08. The number of rotatable bonds is 11. The molecular weight excluding hydrogens is 542 g/mol. The summed E-state index contributed by atoms with van der Waals surface area (Å²) < 4.78 is 38.7. The molecule has 0 unspecified atom stereocenters. The van der Waals surface area contributed by atoms with E-state index >= 15 is 0 Å². The molecule has 2 amide bonds. The molecule has 1 atom stereocenters. The van der Waals surface area contributed by atoms with E-state index in [4.69, 9.17) is 21.1 Å². The maximum absolute atomic E-state index is 13.9. The number of anilines is 1. The second-order valence-corrected chi connectivity index (χ2v) is 12.4. The summed E-state index contributed by atoms with van der Waals surface area (Å²) in [6, 6.07) is 11.2. The van der Waals surface area contributed by atoms with Gasteiger partial charge in [-0.15, -0.1) is 0 Å². The lowest BCUT2D eigenvalue weighted by Crippen LogP contribution is -2.53. The number of ether oxygens (including phenoxy) is 2. The van der Waals surface area contributed by atoms with E-state index in [1.54, 1.807) is 42.5 Å². The van der Waals surface area contributed by atoms with Crippen LogP contribution in [0.4, 0.5) is 5.69 Å². The van der Waals surface area contributed by atoms with Crippen LogP contribution in [0.2, 0.25) is 5.02 Å². The van der Waals surface area contributed by atoms with Crippen LogP contribution in [0.3, 0.4) is 0 Å². The van der Waals surface area contributed by atoms with Crippen molar-refractivity contribution in [1.29, 1.82) is 0 Å². The standard InChI is InChI=1S/C28H36ClN3O6S/c1-3-24(28(34)30-22-7-5-6-8-22)31(18-20-9-11-21(29)12-10-20)27(33)19-32(39(35,36)4-2)23-13-14-25-26(17-23)38-16-15-37-25/h9-14,17,22,24H,3-8,15-16,18-19H2,1-2H3,(H,30,34)/t24-/m0/s1. The van der Waals surface area contributed by atoms with Gasteiger partial charge in [-0.2, -0.15) is 0 Å². The molecular formula is C28H36ClN3O6S. The molecule has 4 rings (SSSR count). The Kier molecular flexibility index (Phi) is 9.61. The fraction of sp³-hybridized carbons (Fsp3) is 0.500. The monoisotopic (exact) mass is 577 g/mol. The number of carbonyl (C=O) groups excluding carboxylic acids is 2. The quantitative estimate of drug-likeness (QED) is 0.430. The van der Waals surface area contributed by atoms with Gasteiger partial charge in [0.05, 0.1) is 11.4 Å². The van der Waals surface area contributed by atoms with Crippen LogP contribution in [-0.4, -0.2) is 62.7 Å². The van der Waals surface area contributed by atoms with Crippen molar-refractivity contribution in [1.82, 2.24) is 10.2 Å². The first-order chi connectivity index (χ1) is 18.7.